The van der Waals surface area contributed by atoms with E-state index in [1.807, 2.05) is 13.0 Å². The summed E-state index contributed by atoms with van der Waals surface area (Å²) in [5.74, 6) is 0.431. The van der Waals surface area contributed by atoms with Crippen molar-refractivity contribution in [3.05, 3.63) is 24.0 Å². The van der Waals surface area contributed by atoms with Gasteiger partial charge in [-0.2, -0.15) is 0 Å². The van der Waals surface area contributed by atoms with Gasteiger partial charge in [0.25, 0.3) is 5.91 Å². The minimum atomic E-state index is -0.0620. The van der Waals surface area contributed by atoms with Gasteiger partial charge in [-0.3, -0.25) is 9.78 Å². The summed E-state index contributed by atoms with van der Waals surface area (Å²) in [5.41, 5.74) is 1.44. The highest BCUT2D eigenvalue weighted by Gasteiger charge is 2.23. The quantitative estimate of drug-likeness (QED) is 0.864. The van der Waals surface area contributed by atoms with Crippen molar-refractivity contribution in [1.82, 2.24) is 10.3 Å². The maximum Gasteiger partial charge on any atom is 0.255 e. The Morgan fingerprint density at radius 1 is 1.50 bits per heavy atom. The van der Waals surface area contributed by atoms with Crippen LogP contribution in [0.15, 0.2) is 18.5 Å². The molecule has 2 heterocycles. The Balaban J connectivity index is 2.00. The van der Waals surface area contributed by atoms with Gasteiger partial charge in [-0.15, -0.1) is 0 Å². The Labute approximate surface area is 120 Å². The maximum absolute atomic E-state index is 12.4. The molecule has 1 aliphatic rings. The fourth-order valence-electron chi connectivity index (χ4n) is 2.54. The Morgan fingerprint density at radius 3 is 2.95 bits per heavy atom. The second kappa shape index (κ2) is 7.24. The lowest BCUT2D eigenvalue weighted by molar-refractivity contribution is 0.0538. The smallest absolute Gasteiger partial charge is 0.255 e. The van der Waals surface area contributed by atoms with Crippen LogP contribution in [0.1, 0.15) is 37.0 Å². The summed E-state index contributed by atoms with van der Waals surface area (Å²) in [6.45, 7) is 6.44. The second-order valence-corrected chi connectivity index (χ2v) is 5.16. The minimum Gasteiger partial charge on any atom is -0.385 e. The molecule has 0 saturated carbocycles. The lowest BCUT2D eigenvalue weighted by Gasteiger charge is -2.28. The van der Waals surface area contributed by atoms with E-state index in [0.29, 0.717) is 11.5 Å². The standard InChI is InChI=1S/C15H23N3O2/c1-3-17-14-4-7-16-10-13(14)15(19)18-11(2)12-5-8-20-9-6-12/h4,7,10-12H,3,5-6,8-9H2,1-2H3,(H,16,17)(H,18,19). The molecule has 1 aromatic rings. The van der Waals surface area contributed by atoms with E-state index >= 15 is 0 Å². The molecule has 1 fully saturated rings. The maximum atomic E-state index is 12.4. The molecule has 1 atom stereocenters. The molecule has 2 rings (SSSR count). The van der Waals surface area contributed by atoms with Gasteiger partial charge in [0.15, 0.2) is 0 Å². The monoisotopic (exact) mass is 277 g/mol. The van der Waals surface area contributed by atoms with Crippen molar-refractivity contribution >= 4 is 11.6 Å². The second-order valence-electron chi connectivity index (χ2n) is 5.16. The first-order valence-corrected chi connectivity index (χ1v) is 7.29. The molecule has 0 aliphatic carbocycles. The Morgan fingerprint density at radius 2 is 2.25 bits per heavy atom. The van der Waals surface area contributed by atoms with Crippen molar-refractivity contribution in [2.75, 3.05) is 25.1 Å². The van der Waals surface area contributed by atoms with Crippen LogP contribution in [0.5, 0.6) is 0 Å². The van der Waals surface area contributed by atoms with Crippen LogP contribution in [0.3, 0.4) is 0 Å². The van der Waals surface area contributed by atoms with Gasteiger partial charge < -0.3 is 15.4 Å². The van der Waals surface area contributed by atoms with Crippen molar-refractivity contribution in [3.8, 4) is 0 Å². The van der Waals surface area contributed by atoms with E-state index in [9.17, 15) is 4.79 Å². The van der Waals surface area contributed by atoms with E-state index in [0.717, 1.165) is 38.3 Å². The van der Waals surface area contributed by atoms with Gasteiger partial charge in [-0.05, 0) is 38.7 Å². The zero-order valence-electron chi connectivity index (χ0n) is 12.2. The average molecular weight is 277 g/mol. The number of rotatable bonds is 5. The predicted molar refractivity (Wildman–Crippen MR) is 78.9 cm³/mol. The van der Waals surface area contributed by atoms with Crippen molar-refractivity contribution < 1.29 is 9.53 Å². The zero-order chi connectivity index (χ0) is 14.4. The third kappa shape index (κ3) is 3.70. The molecule has 2 N–H and O–H groups in total. The highest BCUT2D eigenvalue weighted by atomic mass is 16.5. The number of pyridine rings is 1. The summed E-state index contributed by atoms with van der Waals surface area (Å²) < 4.78 is 5.36. The van der Waals surface area contributed by atoms with Crippen LogP contribution in [0.4, 0.5) is 5.69 Å². The molecule has 0 aromatic carbocycles. The fraction of sp³-hybridized carbons (Fsp3) is 0.600. The SMILES string of the molecule is CCNc1ccncc1C(=O)NC(C)C1CCOCC1. The summed E-state index contributed by atoms with van der Waals surface area (Å²) in [4.78, 5) is 16.4. The van der Waals surface area contributed by atoms with E-state index in [1.54, 1.807) is 12.4 Å². The normalized spacial score (nSPS) is 17.5. The van der Waals surface area contributed by atoms with Crippen LogP contribution < -0.4 is 10.6 Å². The Bertz CT molecular complexity index is 444. The zero-order valence-corrected chi connectivity index (χ0v) is 12.2. The number of carbonyl (C=O) groups excluding carboxylic acids is 1. The largest absolute Gasteiger partial charge is 0.385 e. The van der Waals surface area contributed by atoms with Gasteiger partial charge in [0, 0.05) is 38.2 Å². The number of nitrogens with zero attached hydrogens (tertiary/aromatic N) is 1. The molecule has 110 valence electrons. The molecule has 0 bridgehead atoms. The summed E-state index contributed by atoms with van der Waals surface area (Å²) in [7, 11) is 0. The molecule has 20 heavy (non-hydrogen) atoms. The Kier molecular flexibility index (Phi) is 5.35. The number of anilines is 1. The lowest BCUT2D eigenvalue weighted by atomic mass is 9.93. The van der Waals surface area contributed by atoms with E-state index in [2.05, 4.69) is 22.5 Å². The third-order valence-corrected chi connectivity index (χ3v) is 3.76. The molecule has 0 spiro atoms. The molecule has 5 nitrogen and oxygen atoms in total. The number of nitrogens with one attached hydrogen (secondary N) is 2. The van der Waals surface area contributed by atoms with E-state index < -0.39 is 0 Å². The molecular weight excluding hydrogens is 254 g/mol. The van der Waals surface area contributed by atoms with Gasteiger partial charge in [0.05, 0.1) is 11.3 Å². The molecular formula is C15H23N3O2. The van der Waals surface area contributed by atoms with Crippen LogP contribution in [-0.4, -0.2) is 36.7 Å². The highest BCUT2D eigenvalue weighted by Crippen LogP contribution is 2.20. The van der Waals surface area contributed by atoms with Crippen LogP contribution in [0.2, 0.25) is 0 Å². The first-order valence-electron chi connectivity index (χ1n) is 7.29. The number of aromatic nitrogens is 1. The van der Waals surface area contributed by atoms with E-state index in [1.165, 1.54) is 0 Å². The molecule has 0 radical (unpaired) electrons. The molecule has 1 amide bonds. The first-order chi connectivity index (χ1) is 9.72. The van der Waals surface area contributed by atoms with Gasteiger partial charge >= 0.3 is 0 Å². The minimum absolute atomic E-state index is 0.0620. The molecule has 5 heteroatoms. The summed E-state index contributed by atoms with van der Waals surface area (Å²) in [6.07, 6.45) is 5.32. The van der Waals surface area contributed by atoms with Crippen molar-refractivity contribution in [1.29, 1.82) is 0 Å². The topological polar surface area (TPSA) is 63.2 Å². The summed E-state index contributed by atoms with van der Waals surface area (Å²) in [5, 5.41) is 6.28. The van der Waals surface area contributed by atoms with Crippen molar-refractivity contribution in [2.45, 2.75) is 32.7 Å². The molecule has 1 aromatic heterocycles. The van der Waals surface area contributed by atoms with Crippen LogP contribution in [0, 0.1) is 5.92 Å². The number of amides is 1. The first kappa shape index (κ1) is 14.8. The van der Waals surface area contributed by atoms with Crippen LogP contribution in [-0.2, 0) is 4.74 Å². The average Bonchev–Trinajstić information content (AvgIpc) is 2.49. The summed E-state index contributed by atoms with van der Waals surface area (Å²) >= 11 is 0. The van der Waals surface area contributed by atoms with Crippen molar-refractivity contribution in [3.63, 3.8) is 0 Å². The van der Waals surface area contributed by atoms with Gasteiger partial charge in [0.1, 0.15) is 0 Å². The van der Waals surface area contributed by atoms with Gasteiger partial charge in [0.2, 0.25) is 0 Å². The third-order valence-electron chi connectivity index (χ3n) is 3.76. The summed E-state index contributed by atoms with van der Waals surface area (Å²) in [6, 6.07) is 1.98. The van der Waals surface area contributed by atoms with Gasteiger partial charge in [-0.25, -0.2) is 0 Å². The van der Waals surface area contributed by atoms with Crippen LogP contribution >= 0.6 is 0 Å². The molecule has 1 saturated heterocycles. The number of carbonyl (C=O) groups is 1. The fourth-order valence-corrected chi connectivity index (χ4v) is 2.54. The number of hydrogen-bond donors (Lipinski definition) is 2. The number of hydrogen-bond acceptors (Lipinski definition) is 4. The predicted octanol–water partition coefficient (Wildman–Crippen LogP) is 2.06. The van der Waals surface area contributed by atoms with Gasteiger partial charge in [-0.1, -0.05) is 0 Å². The van der Waals surface area contributed by atoms with E-state index in [4.69, 9.17) is 4.74 Å². The van der Waals surface area contributed by atoms with Crippen LogP contribution in [0.25, 0.3) is 0 Å². The molecule has 1 aliphatic heterocycles. The van der Waals surface area contributed by atoms with E-state index in [-0.39, 0.29) is 11.9 Å². The lowest BCUT2D eigenvalue weighted by Crippen LogP contribution is -2.40. The molecule has 1 unspecified atom stereocenters. The number of ether oxygens (including phenoxy) is 1. The highest BCUT2D eigenvalue weighted by molar-refractivity contribution is 5.99. The Hall–Kier alpha value is -1.62. The van der Waals surface area contributed by atoms with Crippen molar-refractivity contribution in [2.24, 2.45) is 5.92 Å².